The molecule has 0 rings (SSSR count). The number of phosphoric ester groups is 2. The highest BCUT2D eigenvalue weighted by Gasteiger charge is 2.30. The number of aliphatic hydroxyl groups is 1. The molecule has 0 aliphatic carbocycles. The summed E-state index contributed by atoms with van der Waals surface area (Å²) < 4.78 is 68.5. The van der Waals surface area contributed by atoms with E-state index in [0.29, 0.717) is 25.7 Å². The molecule has 0 fully saturated rings. The number of phosphoric acid groups is 2. The quantitative estimate of drug-likeness (QED) is 0.0222. The molecule has 0 radical (unpaired) electrons. The van der Waals surface area contributed by atoms with Gasteiger partial charge in [0.25, 0.3) is 0 Å². The van der Waals surface area contributed by atoms with E-state index in [1.54, 1.807) is 0 Å². The van der Waals surface area contributed by atoms with Crippen molar-refractivity contribution < 1.29 is 80.2 Å². The number of rotatable bonds is 76. The van der Waals surface area contributed by atoms with Crippen LogP contribution in [0, 0.1) is 5.92 Å². The lowest BCUT2D eigenvalue weighted by molar-refractivity contribution is -0.161. The van der Waals surface area contributed by atoms with Crippen LogP contribution in [0.2, 0.25) is 0 Å². The van der Waals surface area contributed by atoms with Crippen LogP contribution in [-0.4, -0.2) is 96.7 Å². The fourth-order valence-electron chi connectivity index (χ4n) is 11.7. The lowest BCUT2D eigenvalue weighted by Gasteiger charge is -2.21. The Morgan fingerprint density at radius 3 is 0.716 bits per heavy atom. The van der Waals surface area contributed by atoms with Crippen molar-refractivity contribution in [3.63, 3.8) is 0 Å². The van der Waals surface area contributed by atoms with E-state index < -0.39 is 97.5 Å². The molecule has 0 amide bonds. The third-order valence-electron chi connectivity index (χ3n) is 17.8. The maximum atomic E-state index is 13.1. The predicted octanol–water partition coefficient (Wildman–Crippen LogP) is 22.5. The minimum absolute atomic E-state index is 0.107. The minimum atomic E-state index is -4.96. The van der Waals surface area contributed by atoms with Crippen molar-refractivity contribution in [2.24, 2.45) is 5.92 Å². The second-order valence-electron chi connectivity index (χ2n) is 27.9. The van der Waals surface area contributed by atoms with Gasteiger partial charge < -0.3 is 33.8 Å². The normalized spacial score (nSPS) is 13.9. The Kier molecular flexibility index (Phi) is 67.7. The SMILES string of the molecule is CCCCCCCCCCCCCCCCCCCCC(=O)O[C@H](COC(=O)CCCCCCCCCCCCCCC(C)C)COP(=O)(O)OC[C@@H](O)COP(=O)(O)OC[C@@H](COC(=O)CCCCCCCCCCCCC)OC(=O)CCCCCCCCCCCCC. The molecule has 0 aromatic heterocycles. The first-order valence-electron chi connectivity index (χ1n) is 39.6. The topological polar surface area (TPSA) is 237 Å². The Balaban J connectivity index is 5.23. The van der Waals surface area contributed by atoms with Crippen LogP contribution in [0.5, 0.6) is 0 Å². The van der Waals surface area contributed by atoms with E-state index in [-0.39, 0.29) is 25.7 Å². The summed E-state index contributed by atoms with van der Waals surface area (Å²) in [5.74, 6) is -1.33. The number of hydrogen-bond acceptors (Lipinski definition) is 15. The van der Waals surface area contributed by atoms with E-state index in [4.69, 9.17) is 37.0 Å². The number of carbonyl (C=O) groups is 4. The largest absolute Gasteiger partial charge is 0.472 e. The molecule has 0 heterocycles. The van der Waals surface area contributed by atoms with Gasteiger partial charge in [-0.15, -0.1) is 0 Å². The Bertz CT molecular complexity index is 1820. The maximum absolute atomic E-state index is 13.1. The second-order valence-corrected chi connectivity index (χ2v) is 30.8. The first kappa shape index (κ1) is 93.1. The summed E-state index contributed by atoms with van der Waals surface area (Å²) in [6.07, 6.45) is 58.1. The summed E-state index contributed by atoms with van der Waals surface area (Å²) in [5, 5.41) is 10.6. The molecule has 3 N–H and O–H groups in total. The van der Waals surface area contributed by atoms with Crippen molar-refractivity contribution in [1.29, 1.82) is 0 Å². The monoisotopic (exact) mass is 1400 g/mol. The van der Waals surface area contributed by atoms with Gasteiger partial charge in [0.05, 0.1) is 26.4 Å². The van der Waals surface area contributed by atoms with Gasteiger partial charge in [-0.2, -0.15) is 0 Å². The molecular weight excluding hydrogens is 1250 g/mol. The molecule has 0 aromatic rings. The van der Waals surface area contributed by atoms with Crippen molar-refractivity contribution in [1.82, 2.24) is 0 Å². The molecule has 0 bridgehead atoms. The molecule has 564 valence electrons. The van der Waals surface area contributed by atoms with E-state index in [1.165, 1.54) is 225 Å². The van der Waals surface area contributed by atoms with Crippen LogP contribution in [0.3, 0.4) is 0 Å². The van der Waals surface area contributed by atoms with Gasteiger partial charge in [-0.25, -0.2) is 9.13 Å². The van der Waals surface area contributed by atoms with Crippen molar-refractivity contribution in [3.8, 4) is 0 Å². The summed E-state index contributed by atoms with van der Waals surface area (Å²) in [7, 11) is -9.91. The Labute approximate surface area is 581 Å². The molecule has 0 aliphatic rings. The van der Waals surface area contributed by atoms with Crippen LogP contribution in [0.1, 0.15) is 401 Å². The molecule has 95 heavy (non-hydrogen) atoms. The van der Waals surface area contributed by atoms with Crippen LogP contribution in [0.15, 0.2) is 0 Å². The smallest absolute Gasteiger partial charge is 0.462 e. The van der Waals surface area contributed by atoms with E-state index in [9.17, 15) is 43.2 Å². The highest BCUT2D eigenvalue weighted by atomic mass is 31.2. The van der Waals surface area contributed by atoms with E-state index in [1.807, 2.05) is 0 Å². The van der Waals surface area contributed by atoms with Gasteiger partial charge in [-0.3, -0.25) is 37.3 Å². The molecule has 17 nitrogen and oxygen atoms in total. The summed E-state index contributed by atoms with van der Waals surface area (Å²) >= 11 is 0. The van der Waals surface area contributed by atoms with E-state index in [0.717, 1.165) is 95.8 Å². The van der Waals surface area contributed by atoms with Gasteiger partial charge in [0.2, 0.25) is 0 Å². The average molecular weight is 1400 g/mol. The minimum Gasteiger partial charge on any atom is -0.462 e. The van der Waals surface area contributed by atoms with E-state index >= 15 is 0 Å². The molecule has 0 saturated carbocycles. The van der Waals surface area contributed by atoms with Crippen LogP contribution in [-0.2, 0) is 65.4 Å². The fourth-order valence-corrected chi connectivity index (χ4v) is 13.3. The number of hydrogen-bond donors (Lipinski definition) is 3. The zero-order valence-corrected chi connectivity index (χ0v) is 63.6. The number of aliphatic hydroxyl groups excluding tert-OH is 1. The van der Waals surface area contributed by atoms with Gasteiger partial charge in [-0.05, 0) is 31.6 Å². The molecule has 0 aromatic carbocycles. The van der Waals surface area contributed by atoms with Gasteiger partial charge >= 0.3 is 39.5 Å². The standard InChI is InChI=1S/C76H148O17P2/c1-6-9-12-15-18-21-24-25-26-27-28-29-30-37-42-47-52-57-62-76(81)93-72(66-87-74(79)60-55-50-45-40-36-32-31-35-38-43-48-53-58-69(4)5)68-91-95(84,85)89-64-70(77)63-88-94(82,83)90-67-71(92-75(80)61-56-51-46-41-34-23-20-17-14-11-8-3)65-86-73(78)59-54-49-44-39-33-22-19-16-13-10-7-2/h69-72,77H,6-68H2,1-5H3,(H,82,83)(H,84,85)/t70-,71+,72+/m0/s1. The number of ether oxygens (including phenoxy) is 4. The highest BCUT2D eigenvalue weighted by molar-refractivity contribution is 7.47. The molecule has 2 unspecified atom stereocenters. The van der Waals surface area contributed by atoms with Crippen molar-refractivity contribution in [3.05, 3.63) is 0 Å². The summed E-state index contributed by atoms with van der Waals surface area (Å²) in [6.45, 7) is 7.30. The maximum Gasteiger partial charge on any atom is 0.472 e. The second kappa shape index (κ2) is 69.2. The summed E-state index contributed by atoms with van der Waals surface area (Å²) in [5.41, 5.74) is 0. The zero-order valence-electron chi connectivity index (χ0n) is 61.8. The lowest BCUT2D eigenvalue weighted by Crippen LogP contribution is -2.30. The number of carbonyl (C=O) groups excluding carboxylic acids is 4. The van der Waals surface area contributed by atoms with Crippen LogP contribution in [0.25, 0.3) is 0 Å². The van der Waals surface area contributed by atoms with Crippen molar-refractivity contribution in [2.45, 2.75) is 419 Å². The predicted molar refractivity (Wildman–Crippen MR) is 386 cm³/mol. The lowest BCUT2D eigenvalue weighted by atomic mass is 10.0. The molecule has 5 atom stereocenters. The van der Waals surface area contributed by atoms with Gasteiger partial charge in [0, 0.05) is 25.7 Å². The van der Waals surface area contributed by atoms with Gasteiger partial charge in [-0.1, -0.05) is 349 Å². The fraction of sp³-hybridized carbons (Fsp3) is 0.947. The first-order chi connectivity index (χ1) is 46.0. The van der Waals surface area contributed by atoms with Crippen molar-refractivity contribution >= 4 is 39.5 Å². The van der Waals surface area contributed by atoms with Crippen LogP contribution in [0.4, 0.5) is 0 Å². The molecule has 19 heteroatoms. The molecular formula is C76H148O17P2. The molecule has 0 aliphatic heterocycles. The zero-order chi connectivity index (χ0) is 69.8. The van der Waals surface area contributed by atoms with Gasteiger partial charge in [0.1, 0.15) is 19.3 Å². The Morgan fingerprint density at radius 2 is 0.484 bits per heavy atom. The number of esters is 4. The number of unbranched alkanes of at least 4 members (excludes halogenated alkanes) is 48. The highest BCUT2D eigenvalue weighted by Crippen LogP contribution is 2.45. The molecule has 0 saturated heterocycles. The Morgan fingerprint density at radius 1 is 0.284 bits per heavy atom. The van der Waals surface area contributed by atoms with Crippen molar-refractivity contribution in [2.75, 3.05) is 39.6 Å². The van der Waals surface area contributed by atoms with Crippen LogP contribution < -0.4 is 0 Å². The van der Waals surface area contributed by atoms with E-state index in [2.05, 4.69) is 34.6 Å². The van der Waals surface area contributed by atoms with Crippen LogP contribution >= 0.6 is 15.6 Å². The third kappa shape index (κ3) is 70.3. The molecule has 0 spiro atoms. The summed E-state index contributed by atoms with van der Waals surface area (Å²) in [4.78, 5) is 72.8. The summed E-state index contributed by atoms with van der Waals surface area (Å²) in [6, 6.07) is 0. The Hall–Kier alpha value is -1.94. The first-order valence-corrected chi connectivity index (χ1v) is 42.6. The van der Waals surface area contributed by atoms with Gasteiger partial charge in [0.15, 0.2) is 12.2 Å². The third-order valence-corrected chi connectivity index (χ3v) is 19.7. The average Bonchev–Trinajstić information content (AvgIpc) is 1.55.